The minimum absolute atomic E-state index is 0.153. The van der Waals surface area contributed by atoms with Crippen LogP contribution in [0.15, 0.2) is 12.4 Å². The highest BCUT2D eigenvalue weighted by atomic mass is 15.3. The van der Waals surface area contributed by atoms with Crippen molar-refractivity contribution in [2.24, 2.45) is 5.73 Å². The molecule has 2 heterocycles. The lowest BCUT2D eigenvalue weighted by Crippen LogP contribution is -2.43. The van der Waals surface area contributed by atoms with Crippen molar-refractivity contribution in [2.45, 2.75) is 45.2 Å². The average Bonchev–Trinajstić information content (AvgIpc) is 2.47. The number of aromatic nitrogens is 2. The highest BCUT2D eigenvalue weighted by Crippen LogP contribution is 2.19. The molecule has 1 saturated heterocycles. The second-order valence-corrected chi connectivity index (χ2v) is 5.85. The molecule has 2 N–H and O–H groups in total. The van der Waals surface area contributed by atoms with E-state index in [1.165, 1.54) is 25.9 Å². The van der Waals surface area contributed by atoms with Crippen LogP contribution in [0.4, 0.5) is 5.95 Å². The number of hydrogen-bond acceptors (Lipinski definition) is 5. The van der Waals surface area contributed by atoms with E-state index < -0.39 is 0 Å². The topological polar surface area (TPSA) is 58.3 Å². The molecule has 1 atom stereocenters. The zero-order chi connectivity index (χ0) is 14.5. The molecule has 0 spiro atoms. The Labute approximate surface area is 122 Å². The van der Waals surface area contributed by atoms with Gasteiger partial charge in [0.15, 0.2) is 0 Å². The van der Waals surface area contributed by atoms with Gasteiger partial charge in [0.1, 0.15) is 0 Å². The maximum Gasteiger partial charge on any atom is 0.225 e. The minimum atomic E-state index is 0.153. The molecule has 1 aromatic rings. The third kappa shape index (κ3) is 3.90. The fourth-order valence-electron chi connectivity index (χ4n) is 2.79. The molecule has 0 bridgehead atoms. The Morgan fingerprint density at radius 2 is 1.95 bits per heavy atom. The summed E-state index contributed by atoms with van der Waals surface area (Å²) in [6.07, 6.45) is 7.02. The third-order valence-corrected chi connectivity index (χ3v) is 4.12. The van der Waals surface area contributed by atoms with E-state index >= 15 is 0 Å². The Bertz CT molecular complexity index is 395. The second-order valence-electron chi connectivity index (χ2n) is 5.85. The van der Waals surface area contributed by atoms with E-state index in [-0.39, 0.29) is 6.04 Å². The van der Waals surface area contributed by atoms with Gasteiger partial charge in [-0.2, -0.15) is 0 Å². The predicted octanol–water partition coefficient (Wildman–Crippen LogP) is 1.29. The van der Waals surface area contributed by atoms with E-state index in [2.05, 4.69) is 33.7 Å². The second kappa shape index (κ2) is 6.99. The van der Waals surface area contributed by atoms with E-state index in [4.69, 9.17) is 5.73 Å². The first-order chi connectivity index (χ1) is 9.60. The Hall–Kier alpha value is -1.20. The summed E-state index contributed by atoms with van der Waals surface area (Å²) in [5, 5.41) is 0. The van der Waals surface area contributed by atoms with E-state index in [1.54, 1.807) is 0 Å². The molecule has 1 aromatic heterocycles. The van der Waals surface area contributed by atoms with E-state index in [1.807, 2.05) is 19.3 Å². The summed E-state index contributed by atoms with van der Waals surface area (Å²) in [6, 6.07) is 0.706. The molecule has 0 aliphatic carbocycles. The molecule has 0 radical (unpaired) electrons. The van der Waals surface area contributed by atoms with E-state index in [9.17, 15) is 0 Å². The summed E-state index contributed by atoms with van der Waals surface area (Å²) in [5.41, 5.74) is 6.90. The minimum Gasteiger partial charge on any atom is -0.341 e. The molecular formula is C15H27N5. The van der Waals surface area contributed by atoms with Crippen LogP contribution in [0.25, 0.3) is 0 Å². The van der Waals surface area contributed by atoms with Crippen LogP contribution < -0.4 is 10.6 Å². The highest BCUT2D eigenvalue weighted by molar-refractivity contribution is 5.30. The van der Waals surface area contributed by atoms with E-state index in [0.717, 1.165) is 24.5 Å². The van der Waals surface area contributed by atoms with Crippen LogP contribution in [0, 0.1) is 0 Å². The van der Waals surface area contributed by atoms with Gasteiger partial charge >= 0.3 is 0 Å². The quantitative estimate of drug-likeness (QED) is 0.879. The summed E-state index contributed by atoms with van der Waals surface area (Å²) in [5.74, 6) is 0.827. The maximum atomic E-state index is 5.79. The predicted molar refractivity (Wildman–Crippen MR) is 82.9 cm³/mol. The SMILES string of the molecule is CCN1CCC(N(C)c2ncc(CC(C)N)cn2)CC1. The van der Waals surface area contributed by atoms with E-state index in [0.29, 0.717) is 6.04 Å². The lowest BCUT2D eigenvalue weighted by Gasteiger charge is -2.36. The zero-order valence-corrected chi connectivity index (χ0v) is 12.9. The van der Waals surface area contributed by atoms with Gasteiger partial charge in [0, 0.05) is 44.6 Å². The summed E-state index contributed by atoms with van der Waals surface area (Å²) in [6.45, 7) is 7.73. The molecule has 20 heavy (non-hydrogen) atoms. The molecule has 1 fully saturated rings. The van der Waals surface area contributed by atoms with Crippen molar-refractivity contribution in [3.8, 4) is 0 Å². The first kappa shape index (κ1) is 15.2. The van der Waals surface area contributed by atoms with Crippen LogP contribution in [0.3, 0.4) is 0 Å². The van der Waals surface area contributed by atoms with Crippen molar-refractivity contribution < 1.29 is 0 Å². The third-order valence-electron chi connectivity index (χ3n) is 4.12. The number of anilines is 1. The molecule has 1 aliphatic rings. The van der Waals surface area contributed by atoms with Crippen LogP contribution in [0.1, 0.15) is 32.3 Å². The number of rotatable bonds is 5. The fraction of sp³-hybridized carbons (Fsp3) is 0.733. The van der Waals surface area contributed by atoms with Gasteiger partial charge in [0.05, 0.1) is 0 Å². The number of nitrogens with two attached hydrogens (primary N) is 1. The Morgan fingerprint density at radius 3 is 2.45 bits per heavy atom. The van der Waals surface area contributed by atoms with Crippen molar-refractivity contribution in [1.82, 2.24) is 14.9 Å². The lowest BCUT2D eigenvalue weighted by molar-refractivity contribution is 0.220. The molecule has 5 nitrogen and oxygen atoms in total. The standard InChI is InChI=1S/C15H27N5/c1-4-20-7-5-14(6-8-20)19(3)15-17-10-13(11-18-15)9-12(2)16/h10-12,14H,4-9,16H2,1-3H3. The van der Waals surface area contributed by atoms with Gasteiger partial charge < -0.3 is 15.5 Å². The number of nitrogens with zero attached hydrogens (tertiary/aromatic N) is 4. The van der Waals surface area contributed by atoms with Gasteiger partial charge in [-0.3, -0.25) is 0 Å². The lowest BCUT2D eigenvalue weighted by atomic mass is 10.0. The monoisotopic (exact) mass is 277 g/mol. The van der Waals surface area contributed by atoms with Crippen LogP contribution in [-0.2, 0) is 6.42 Å². The van der Waals surface area contributed by atoms with Crippen LogP contribution in [0.5, 0.6) is 0 Å². The molecular weight excluding hydrogens is 250 g/mol. The zero-order valence-electron chi connectivity index (χ0n) is 12.9. The van der Waals surface area contributed by atoms with Crippen LogP contribution in [0.2, 0.25) is 0 Å². The van der Waals surface area contributed by atoms with Crippen LogP contribution >= 0.6 is 0 Å². The van der Waals surface area contributed by atoms with Crippen molar-refractivity contribution >= 4 is 5.95 Å². The molecule has 2 rings (SSSR count). The Morgan fingerprint density at radius 1 is 1.35 bits per heavy atom. The summed E-state index contributed by atoms with van der Waals surface area (Å²) < 4.78 is 0. The first-order valence-electron chi connectivity index (χ1n) is 7.61. The van der Waals surface area contributed by atoms with Crippen LogP contribution in [-0.4, -0.2) is 53.6 Å². The van der Waals surface area contributed by atoms with Gasteiger partial charge in [-0.05, 0) is 38.3 Å². The summed E-state index contributed by atoms with van der Waals surface area (Å²) in [7, 11) is 2.10. The molecule has 0 saturated carbocycles. The molecule has 5 heteroatoms. The van der Waals surface area contributed by atoms with Gasteiger partial charge in [0.25, 0.3) is 0 Å². The molecule has 0 aromatic carbocycles. The van der Waals surface area contributed by atoms with Crippen molar-refractivity contribution in [3.05, 3.63) is 18.0 Å². The van der Waals surface area contributed by atoms with Crippen molar-refractivity contribution in [3.63, 3.8) is 0 Å². The van der Waals surface area contributed by atoms with Crippen molar-refractivity contribution in [1.29, 1.82) is 0 Å². The number of likely N-dealkylation sites (tertiary alicyclic amines) is 1. The summed E-state index contributed by atoms with van der Waals surface area (Å²) >= 11 is 0. The summed E-state index contributed by atoms with van der Waals surface area (Å²) in [4.78, 5) is 13.7. The average molecular weight is 277 g/mol. The molecule has 0 amide bonds. The first-order valence-corrected chi connectivity index (χ1v) is 7.61. The Balaban J connectivity index is 1.94. The van der Waals surface area contributed by atoms with Gasteiger partial charge in [-0.25, -0.2) is 9.97 Å². The normalized spacial score (nSPS) is 19.0. The molecule has 1 unspecified atom stereocenters. The smallest absolute Gasteiger partial charge is 0.225 e. The largest absolute Gasteiger partial charge is 0.341 e. The number of piperidine rings is 1. The van der Waals surface area contributed by atoms with Crippen molar-refractivity contribution in [2.75, 3.05) is 31.6 Å². The maximum absolute atomic E-state index is 5.79. The van der Waals surface area contributed by atoms with Gasteiger partial charge in [0.2, 0.25) is 5.95 Å². The fourth-order valence-corrected chi connectivity index (χ4v) is 2.79. The Kier molecular flexibility index (Phi) is 5.31. The molecule has 112 valence electrons. The number of hydrogen-bond donors (Lipinski definition) is 1. The highest BCUT2D eigenvalue weighted by Gasteiger charge is 2.23. The molecule has 1 aliphatic heterocycles. The van der Waals surface area contributed by atoms with Gasteiger partial charge in [-0.1, -0.05) is 6.92 Å². The van der Waals surface area contributed by atoms with Gasteiger partial charge in [-0.15, -0.1) is 0 Å².